The van der Waals surface area contributed by atoms with Gasteiger partial charge in [0.2, 0.25) is 0 Å². The van der Waals surface area contributed by atoms with Gasteiger partial charge in [-0.25, -0.2) is 22.0 Å². The Morgan fingerprint density at radius 3 is 1.74 bits per heavy atom. The van der Waals surface area contributed by atoms with Crippen LogP contribution in [-0.2, 0) is 6.42 Å². The summed E-state index contributed by atoms with van der Waals surface area (Å²) in [6.45, 7) is 3.26. The van der Waals surface area contributed by atoms with E-state index >= 15 is 0 Å². The molecular weight excluding hydrogens is 407 g/mol. The molecule has 0 spiro atoms. The standard InChI is InChI=1S/C26H17F5/c1-3-4-17-5-8-20(24(29)11-17)9-6-18-14-25(30)21(26(31)15-18)10-7-19-12-22(27)16(2)23(28)13-19/h5,8,11-15H,3-4H2,1-2H3. The SMILES string of the molecule is CCCc1ccc(C#Cc2cc(F)c(C#Cc3cc(F)c(C)c(F)c3)c(F)c2)c(F)c1. The predicted octanol–water partition coefficient (Wildman–Crippen LogP) is 6.44. The fourth-order valence-corrected chi connectivity index (χ4v) is 2.86. The molecule has 3 aromatic rings. The fourth-order valence-electron chi connectivity index (χ4n) is 2.86. The maximum absolute atomic E-state index is 14.3. The smallest absolute Gasteiger partial charge is 0.143 e. The average molecular weight is 424 g/mol. The Morgan fingerprint density at radius 1 is 0.645 bits per heavy atom. The monoisotopic (exact) mass is 424 g/mol. The van der Waals surface area contributed by atoms with E-state index in [9.17, 15) is 22.0 Å². The molecule has 0 radical (unpaired) electrons. The molecule has 0 aliphatic carbocycles. The quantitative estimate of drug-likeness (QED) is 0.328. The van der Waals surface area contributed by atoms with Gasteiger partial charge in [-0.15, -0.1) is 0 Å². The Bertz CT molecular complexity index is 1220. The van der Waals surface area contributed by atoms with Crippen LogP contribution in [0.5, 0.6) is 0 Å². The van der Waals surface area contributed by atoms with E-state index in [-0.39, 0.29) is 22.3 Å². The number of benzene rings is 3. The lowest BCUT2D eigenvalue weighted by Crippen LogP contribution is -1.94. The Balaban J connectivity index is 1.88. The second-order valence-electron chi connectivity index (χ2n) is 6.94. The summed E-state index contributed by atoms with van der Waals surface area (Å²) in [7, 11) is 0. The first-order valence-electron chi connectivity index (χ1n) is 9.55. The van der Waals surface area contributed by atoms with Crippen LogP contribution in [0.25, 0.3) is 0 Å². The van der Waals surface area contributed by atoms with Gasteiger partial charge in [0.25, 0.3) is 0 Å². The summed E-state index contributed by atoms with van der Waals surface area (Å²) < 4.78 is 70.0. The van der Waals surface area contributed by atoms with Crippen molar-refractivity contribution >= 4 is 0 Å². The van der Waals surface area contributed by atoms with Gasteiger partial charge in [0, 0.05) is 16.7 Å². The molecule has 0 saturated carbocycles. The molecule has 0 aliphatic rings. The summed E-state index contributed by atoms with van der Waals surface area (Å²) in [5, 5.41) is 0. The zero-order valence-corrected chi connectivity index (χ0v) is 16.8. The number of aryl methyl sites for hydroxylation is 1. The molecule has 3 rings (SSSR count). The third-order valence-electron chi connectivity index (χ3n) is 4.57. The van der Waals surface area contributed by atoms with Crippen molar-refractivity contribution in [1.29, 1.82) is 0 Å². The van der Waals surface area contributed by atoms with E-state index in [0.29, 0.717) is 0 Å². The first kappa shape index (κ1) is 22.1. The van der Waals surface area contributed by atoms with E-state index in [2.05, 4.69) is 23.7 Å². The van der Waals surface area contributed by atoms with Crippen molar-refractivity contribution in [3.63, 3.8) is 0 Å². The van der Waals surface area contributed by atoms with Crippen LogP contribution in [-0.4, -0.2) is 0 Å². The maximum atomic E-state index is 14.3. The van der Waals surface area contributed by atoms with Gasteiger partial charge in [-0.05, 0) is 55.3 Å². The topological polar surface area (TPSA) is 0 Å². The highest BCUT2D eigenvalue weighted by atomic mass is 19.1. The van der Waals surface area contributed by atoms with Crippen LogP contribution in [0.3, 0.4) is 0 Å². The zero-order chi connectivity index (χ0) is 22.5. The van der Waals surface area contributed by atoms with Crippen molar-refractivity contribution in [2.75, 3.05) is 0 Å². The van der Waals surface area contributed by atoms with Crippen LogP contribution >= 0.6 is 0 Å². The molecule has 156 valence electrons. The van der Waals surface area contributed by atoms with Crippen LogP contribution in [0.15, 0.2) is 42.5 Å². The molecule has 0 N–H and O–H groups in total. The van der Waals surface area contributed by atoms with Crippen LogP contribution in [0.1, 0.15) is 46.7 Å². The maximum Gasteiger partial charge on any atom is 0.143 e. The molecule has 0 nitrogen and oxygen atoms in total. The first-order valence-corrected chi connectivity index (χ1v) is 9.55. The van der Waals surface area contributed by atoms with Gasteiger partial charge in [-0.3, -0.25) is 0 Å². The minimum Gasteiger partial charge on any atom is -0.207 e. The molecule has 0 aromatic heterocycles. The van der Waals surface area contributed by atoms with Gasteiger partial charge in [-0.1, -0.05) is 43.1 Å². The van der Waals surface area contributed by atoms with Gasteiger partial charge in [0.15, 0.2) is 0 Å². The molecule has 0 heterocycles. The zero-order valence-electron chi connectivity index (χ0n) is 16.8. The minimum atomic E-state index is -0.983. The third-order valence-corrected chi connectivity index (χ3v) is 4.57. The Labute approximate surface area is 177 Å². The van der Waals surface area contributed by atoms with Crippen LogP contribution < -0.4 is 0 Å². The van der Waals surface area contributed by atoms with E-state index in [1.165, 1.54) is 19.1 Å². The summed E-state index contributed by atoms with van der Waals surface area (Å²) in [4.78, 5) is 0. The highest BCUT2D eigenvalue weighted by Gasteiger charge is 2.10. The third kappa shape index (κ3) is 5.32. The predicted molar refractivity (Wildman–Crippen MR) is 110 cm³/mol. The van der Waals surface area contributed by atoms with E-state index in [4.69, 9.17) is 0 Å². The molecule has 0 amide bonds. The molecular formula is C26H17F5. The Hall–Kier alpha value is -3.57. The number of rotatable bonds is 2. The molecule has 0 unspecified atom stereocenters. The second-order valence-corrected chi connectivity index (χ2v) is 6.94. The van der Waals surface area contributed by atoms with Gasteiger partial charge in [0.05, 0.1) is 11.1 Å². The normalized spacial score (nSPS) is 10.2. The molecule has 3 aromatic carbocycles. The van der Waals surface area contributed by atoms with Gasteiger partial charge < -0.3 is 0 Å². The second kappa shape index (κ2) is 9.49. The molecule has 0 aliphatic heterocycles. The molecule has 0 bridgehead atoms. The van der Waals surface area contributed by atoms with Gasteiger partial charge in [-0.2, -0.15) is 0 Å². The summed E-state index contributed by atoms with van der Waals surface area (Å²) in [6, 6.07) is 8.60. The molecule has 0 fully saturated rings. The summed E-state index contributed by atoms with van der Waals surface area (Å²) in [5.41, 5.74) is 0.200. The highest BCUT2D eigenvalue weighted by molar-refractivity contribution is 5.50. The molecule has 0 atom stereocenters. The summed E-state index contributed by atoms with van der Waals surface area (Å²) in [6.07, 6.45) is 1.62. The lowest BCUT2D eigenvalue weighted by atomic mass is 10.1. The molecule has 5 heteroatoms. The van der Waals surface area contributed by atoms with Crippen molar-refractivity contribution in [3.8, 4) is 23.7 Å². The van der Waals surface area contributed by atoms with E-state index in [1.807, 2.05) is 6.92 Å². The van der Waals surface area contributed by atoms with Crippen molar-refractivity contribution < 1.29 is 22.0 Å². The largest absolute Gasteiger partial charge is 0.207 e. The Kier molecular flexibility index (Phi) is 6.78. The lowest BCUT2D eigenvalue weighted by Gasteiger charge is -2.01. The fraction of sp³-hybridized carbons (Fsp3) is 0.154. The number of hydrogen-bond acceptors (Lipinski definition) is 0. The minimum absolute atomic E-state index is 0.00464. The van der Waals surface area contributed by atoms with E-state index < -0.39 is 34.6 Å². The number of halogens is 5. The number of hydrogen-bond donors (Lipinski definition) is 0. The Morgan fingerprint density at radius 2 is 1.19 bits per heavy atom. The van der Waals surface area contributed by atoms with Gasteiger partial charge >= 0.3 is 0 Å². The summed E-state index contributed by atoms with van der Waals surface area (Å²) >= 11 is 0. The van der Waals surface area contributed by atoms with Crippen LogP contribution in [0, 0.1) is 59.7 Å². The van der Waals surface area contributed by atoms with E-state index in [1.54, 1.807) is 6.07 Å². The van der Waals surface area contributed by atoms with Crippen molar-refractivity contribution in [2.45, 2.75) is 26.7 Å². The lowest BCUT2D eigenvalue weighted by molar-refractivity contribution is 0.567. The highest BCUT2D eigenvalue weighted by Crippen LogP contribution is 2.17. The van der Waals surface area contributed by atoms with Crippen molar-refractivity contribution in [1.82, 2.24) is 0 Å². The molecule has 0 saturated heterocycles. The summed E-state index contributed by atoms with van der Waals surface area (Å²) in [5.74, 6) is 5.66. The van der Waals surface area contributed by atoms with Gasteiger partial charge in [0.1, 0.15) is 29.1 Å². The van der Waals surface area contributed by atoms with Crippen molar-refractivity contribution in [3.05, 3.63) is 105 Å². The van der Waals surface area contributed by atoms with Crippen LogP contribution in [0.4, 0.5) is 22.0 Å². The average Bonchev–Trinajstić information content (AvgIpc) is 2.71. The first-order chi connectivity index (χ1) is 14.8. The van der Waals surface area contributed by atoms with Crippen molar-refractivity contribution in [2.24, 2.45) is 0 Å². The van der Waals surface area contributed by atoms with Crippen LogP contribution in [0.2, 0.25) is 0 Å². The van der Waals surface area contributed by atoms with E-state index in [0.717, 1.165) is 42.7 Å². The molecule has 31 heavy (non-hydrogen) atoms.